The summed E-state index contributed by atoms with van der Waals surface area (Å²) in [5.41, 5.74) is 5.98. The number of fused-ring (bicyclic) bond motifs is 1. The predicted octanol–water partition coefficient (Wildman–Crippen LogP) is 5.40. The topological polar surface area (TPSA) is 126 Å². The molecule has 1 aliphatic rings. The molecule has 4 aromatic rings. The highest BCUT2D eigenvalue weighted by molar-refractivity contribution is 5.81. The summed E-state index contributed by atoms with van der Waals surface area (Å²) in [6.07, 6.45) is 7.75. The van der Waals surface area contributed by atoms with Crippen molar-refractivity contribution in [3.05, 3.63) is 76.4 Å². The molecular formula is C33H44N6O4. The number of benzene rings is 2. The molecule has 0 saturated carbocycles. The Bertz CT molecular complexity index is 1560. The fourth-order valence-corrected chi connectivity index (χ4v) is 6.28. The maximum absolute atomic E-state index is 12.6. The Morgan fingerprint density at radius 2 is 1.84 bits per heavy atom. The van der Waals surface area contributed by atoms with Crippen molar-refractivity contribution in [2.75, 3.05) is 13.1 Å². The molecular weight excluding hydrogens is 544 g/mol. The van der Waals surface area contributed by atoms with E-state index >= 15 is 0 Å². The van der Waals surface area contributed by atoms with Crippen LogP contribution in [0, 0.1) is 25.2 Å². The van der Waals surface area contributed by atoms with Crippen LogP contribution in [-0.2, 0) is 29.7 Å². The zero-order valence-electron chi connectivity index (χ0n) is 26.1. The molecule has 1 unspecified atom stereocenters. The number of aryl methyl sites for hydroxylation is 3. The standard InChI is InChI=1S/C32H42N6O2.CH2O2/c1-7-23-12-15-37(16-13-23)20-28-33-14-17-38(28)19-25-18-24(9-8-21(25)2)29(32(4,5)31(39)40)26-10-11-27-30(22(26)3)34-35-36(27)6;2-1-3/h8-11,14,17-18,23,29H,7,12-13,15-16,19-20H2,1-6H3,(H,39,40);1H,(H,2,3). The minimum atomic E-state index is -1.04. The van der Waals surface area contributed by atoms with Crippen LogP contribution in [0.5, 0.6) is 0 Å². The number of carboxylic acid groups (broad SMARTS) is 2. The molecule has 1 atom stereocenters. The van der Waals surface area contributed by atoms with Gasteiger partial charge in [0.15, 0.2) is 0 Å². The zero-order chi connectivity index (χ0) is 31.3. The molecule has 2 N–H and O–H groups in total. The number of hydrogen-bond donors (Lipinski definition) is 2. The molecule has 0 amide bonds. The first kappa shape index (κ1) is 31.9. The molecule has 43 heavy (non-hydrogen) atoms. The van der Waals surface area contributed by atoms with Gasteiger partial charge in [-0.1, -0.05) is 42.8 Å². The van der Waals surface area contributed by atoms with E-state index in [2.05, 4.69) is 58.0 Å². The number of aromatic nitrogens is 5. The van der Waals surface area contributed by atoms with Crippen LogP contribution >= 0.6 is 0 Å². The molecule has 0 bridgehead atoms. The maximum Gasteiger partial charge on any atom is 0.310 e. The van der Waals surface area contributed by atoms with E-state index in [4.69, 9.17) is 14.9 Å². The molecule has 2 aromatic carbocycles. The summed E-state index contributed by atoms with van der Waals surface area (Å²) in [5, 5.41) is 25.8. The van der Waals surface area contributed by atoms with Gasteiger partial charge in [0.05, 0.1) is 17.5 Å². The normalized spacial score (nSPS) is 15.2. The lowest BCUT2D eigenvalue weighted by molar-refractivity contribution is -0.147. The van der Waals surface area contributed by atoms with Crippen LogP contribution in [0.2, 0.25) is 0 Å². The number of carbonyl (C=O) groups is 2. The first-order valence-electron chi connectivity index (χ1n) is 14.9. The van der Waals surface area contributed by atoms with Gasteiger partial charge in [0.2, 0.25) is 0 Å². The molecule has 10 nitrogen and oxygen atoms in total. The van der Waals surface area contributed by atoms with Gasteiger partial charge in [-0.2, -0.15) is 0 Å². The Kier molecular flexibility index (Phi) is 10.0. The van der Waals surface area contributed by atoms with Crippen molar-refractivity contribution in [1.29, 1.82) is 0 Å². The van der Waals surface area contributed by atoms with Crippen molar-refractivity contribution >= 4 is 23.5 Å². The van der Waals surface area contributed by atoms with E-state index < -0.39 is 11.4 Å². The van der Waals surface area contributed by atoms with Crippen LogP contribution < -0.4 is 0 Å². The number of hydrogen-bond acceptors (Lipinski definition) is 6. The Labute approximate surface area is 253 Å². The first-order valence-corrected chi connectivity index (χ1v) is 14.9. The molecule has 0 spiro atoms. The van der Waals surface area contributed by atoms with Crippen LogP contribution in [0.15, 0.2) is 42.7 Å². The highest BCUT2D eigenvalue weighted by atomic mass is 16.4. The highest BCUT2D eigenvalue weighted by Crippen LogP contribution is 2.44. The van der Waals surface area contributed by atoms with Crippen LogP contribution in [0.3, 0.4) is 0 Å². The Balaban J connectivity index is 0.00000135. The molecule has 10 heteroatoms. The number of likely N-dealkylation sites (tertiary alicyclic amines) is 1. The van der Waals surface area contributed by atoms with E-state index in [0.29, 0.717) is 6.54 Å². The van der Waals surface area contributed by atoms with Crippen LogP contribution in [0.25, 0.3) is 11.0 Å². The SMILES string of the molecule is CCC1CCN(Cc2nccn2Cc2cc(C(c3ccc4c(nnn4C)c3C)C(C)(C)C(=O)O)ccc2C)CC1.O=CO. The highest BCUT2D eigenvalue weighted by Gasteiger charge is 2.40. The summed E-state index contributed by atoms with van der Waals surface area (Å²) in [7, 11) is 1.87. The third-order valence-electron chi connectivity index (χ3n) is 9.16. The van der Waals surface area contributed by atoms with Crippen LogP contribution in [-0.4, -0.2) is 65.2 Å². The minimum absolute atomic E-state index is 0.250. The molecule has 1 saturated heterocycles. The third-order valence-corrected chi connectivity index (χ3v) is 9.16. The van der Waals surface area contributed by atoms with Gasteiger partial charge in [0.1, 0.15) is 11.3 Å². The first-order chi connectivity index (χ1) is 20.5. The van der Waals surface area contributed by atoms with Crippen molar-refractivity contribution < 1.29 is 19.8 Å². The van der Waals surface area contributed by atoms with E-state index in [1.165, 1.54) is 30.4 Å². The van der Waals surface area contributed by atoms with E-state index in [9.17, 15) is 9.90 Å². The summed E-state index contributed by atoms with van der Waals surface area (Å²) in [6.45, 7) is 13.6. The lowest BCUT2D eigenvalue weighted by Crippen LogP contribution is -2.34. The molecule has 1 fully saturated rings. The third kappa shape index (κ3) is 6.80. The summed E-state index contributed by atoms with van der Waals surface area (Å²) < 4.78 is 3.99. The fraction of sp³-hybridized carbons (Fsp3) is 0.485. The fourth-order valence-electron chi connectivity index (χ4n) is 6.28. The van der Waals surface area contributed by atoms with Crippen LogP contribution in [0.1, 0.15) is 79.6 Å². The largest absolute Gasteiger partial charge is 0.483 e. The lowest BCUT2D eigenvalue weighted by Gasteiger charge is -2.33. The number of piperidine rings is 1. The van der Waals surface area contributed by atoms with Gasteiger partial charge in [0.25, 0.3) is 6.47 Å². The summed E-state index contributed by atoms with van der Waals surface area (Å²) >= 11 is 0. The summed E-state index contributed by atoms with van der Waals surface area (Å²) in [4.78, 5) is 28.2. The maximum atomic E-state index is 12.6. The van der Waals surface area contributed by atoms with Crippen molar-refractivity contribution in [3.8, 4) is 0 Å². The molecule has 1 aliphatic heterocycles. The van der Waals surface area contributed by atoms with Crippen molar-refractivity contribution in [1.82, 2.24) is 29.4 Å². The van der Waals surface area contributed by atoms with Gasteiger partial charge in [-0.3, -0.25) is 14.5 Å². The number of imidazole rings is 1. The molecule has 0 radical (unpaired) electrons. The van der Waals surface area contributed by atoms with Crippen molar-refractivity contribution in [2.24, 2.45) is 18.4 Å². The summed E-state index contributed by atoms with van der Waals surface area (Å²) in [6, 6.07) is 10.4. The number of nitrogens with zero attached hydrogens (tertiary/aromatic N) is 6. The monoisotopic (exact) mass is 588 g/mol. The second-order valence-electron chi connectivity index (χ2n) is 12.2. The van der Waals surface area contributed by atoms with E-state index in [0.717, 1.165) is 59.1 Å². The van der Waals surface area contributed by atoms with Crippen molar-refractivity contribution in [2.45, 2.75) is 72.9 Å². The average Bonchev–Trinajstić information content (AvgIpc) is 3.58. The van der Waals surface area contributed by atoms with Gasteiger partial charge < -0.3 is 14.8 Å². The predicted molar refractivity (Wildman–Crippen MR) is 166 cm³/mol. The van der Waals surface area contributed by atoms with Crippen LogP contribution in [0.4, 0.5) is 0 Å². The average molecular weight is 589 g/mol. The number of carboxylic acids is 1. The van der Waals surface area contributed by atoms with E-state index in [-0.39, 0.29) is 12.4 Å². The number of rotatable bonds is 9. The van der Waals surface area contributed by atoms with Gasteiger partial charge in [-0.05, 0) is 93.4 Å². The molecule has 2 aromatic heterocycles. The zero-order valence-corrected chi connectivity index (χ0v) is 26.1. The van der Waals surface area contributed by atoms with Crippen molar-refractivity contribution in [3.63, 3.8) is 0 Å². The van der Waals surface area contributed by atoms with Gasteiger partial charge in [-0.15, -0.1) is 5.10 Å². The second-order valence-corrected chi connectivity index (χ2v) is 12.2. The lowest BCUT2D eigenvalue weighted by atomic mass is 9.69. The van der Waals surface area contributed by atoms with E-state index in [1.54, 1.807) is 4.68 Å². The smallest absolute Gasteiger partial charge is 0.310 e. The summed E-state index contributed by atoms with van der Waals surface area (Å²) in [5.74, 6) is 0.730. The minimum Gasteiger partial charge on any atom is -0.483 e. The van der Waals surface area contributed by atoms with Gasteiger partial charge in [-0.25, -0.2) is 9.67 Å². The molecule has 230 valence electrons. The van der Waals surface area contributed by atoms with E-state index in [1.807, 2.05) is 46.1 Å². The molecule has 3 heterocycles. The second kappa shape index (κ2) is 13.5. The quantitative estimate of drug-likeness (QED) is 0.249. The van der Waals surface area contributed by atoms with Gasteiger partial charge in [0, 0.05) is 31.9 Å². The Hall–Kier alpha value is -4.05. The Morgan fingerprint density at radius 3 is 2.49 bits per heavy atom. The molecule has 0 aliphatic carbocycles. The van der Waals surface area contributed by atoms with Gasteiger partial charge >= 0.3 is 5.97 Å². The number of aliphatic carboxylic acids is 1. The molecule has 5 rings (SSSR count). The Morgan fingerprint density at radius 1 is 1.14 bits per heavy atom.